The zero-order valence-corrected chi connectivity index (χ0v) is 15.9. The van der Waals surface area contributed by atoms with Crippen molar-refractivity contribution in [2.75, 3.05) is 0 Å². The first-order valence-electron chi connectivity index (χ1n) is 10.4. The van der Waals surface area contributed by atoms with Gasteiger partial charge in [0.2, 0.25) is 0 Å². The molecule has 0 aromatic carbocycles. The van der Waals surface area contributed by atoms with Crippen molar-refractivity contribution >= 4 is 0 Å². The van der Waals surface area contributed by atoms with Gasteiger partial charge in [0.05, 0.1) is 24.4 Å². The summed E-state index contributed by atoms with van der Waals surface area (Å²) in [6.07, 6.45) is 4.77. The highest BCUT2D eigenvalue weighted by Crippen LogP contribution is 2.67. The highest BCUT2D eigenvalue weighted by molar-refractivity contribution is 5.12. The lowest BCUT2D eigenvalue weighted by molar-refractivity contribution is -0.162. The molecule has 4 N–H and O–H groups in total. The van der Waals surface area contributed by atoms with Crippen molar-refractivity contribution in [3.63, 3.8) is 0 Å². The lowest BCUT2D eigenvalue weighted by atomic mass is 9.44. The summed E-state index contributed by atoms with van der Waals surface area (Å²) in [6.45, 7) is 6.49. The van der Waals surface area contributed by atoms with E-state index in [2.05, 4.69) is 13.8 Å². The van der Waals surface area contributed by atoms with E-state index in [1.54, 1.807) is 0 Å². The molecule has 0 amide bonds. The Kier molecular flexibility index (Phi) is 4.31. The van der Waals surface area contributed by atoms with Gasteiger partial charge in [-0.25, -0.2) is 0 Å². The number of aliphatic hydroxyl groups excluding tert-OH is 4. The van der Waals surface area contributed by atoms with Gasteiger partial charge in [-0.05, 0) is 86.4 Å². The molecule has 4 aliphatic carbocycles. The first-order valence-corrected chi connectivity index (χ1v) is 10.4. The van der Waals surface area contributed by atoms with E-state index in [0.29, 0.717) is 30.1 Å². The summed E-state index contributed by atoms with van der Waals surface area (Å²) in [5.41, 5.74) is 0.140. The van der Waals surface area contributed by atoms with Crippen LogP contribution in [0.25, 0.3) is 0 Å². The Bertz CT molecular complexity index is 522. The van der Waals surface area contributed by atoms with E-state index in [1.807, 2.05) is 6.92 Å². The second kappa shape index (κ2) is 5.92. The minimum Gasteiger partial charge on any atom is -0.393 e. The molecule has 4 heteroatoms. The van der Waals surface area contributed by atoms with Crippen molar-refractivity contribution in [1.82, 2.24) is 0 Å². The van der Waals surface area contributed by atoms with E-state index < -0.39 is 24.4 Å². The number of fused-ring (bicyclic) bond motifs is 5. The van der Waals surface area contributed by atoms with Crippen LogP contribution in [-0.4, -0.2) is 44.8 Å². The minimum atomic E-state index is -0.590. The van der Waals surface area contributed by atoms with E-state index in [9.17, 15) is 20.4 Å². The van der Waals surface area contributed by atoms with Crippen LogP contribution in [0, 0.1) is 40.4 Å². The molecule has 0 aromatic heterocycles. The minimum absolute atomic E-state index is 0.0113. The van der Waals surface area contributed by atoms with Gasteiger partial charge in [0.1, 0.15) is 0 Å². The molecule has 4 aliphatic rings. The van der Waals surface area contributed by atoms with Crippen molar-refractivity contribution in [2.24, 2.45) is 40.4 Å². The standard InChI is InChI=1S/C21H36O4/c1-11(22)19-17(24)9-15-13-5-4-12-8-16(23)18(25)10-21(12,3)14(13)6-7-20(15,19)2/h11-19,22-25H,4-10H2,1-3H3/t11-,12-,13+,14-,15-,16-,17+,18+,19-,20-,21-/m0/s1. The topological polar surface area (TPSA) is 80.9 Å². The van der Waals surface area contributed by atoms with Crippen LogP contribution in [0.1, 0.15) is 65.7 Å². The van der Waals surface area contributed by atoms with Crippen LogP contribution < -0.4 is 0 Å². The molecule has 4 fully saturated rings. The Morgan fingerprint density at radius 3 is 2.24 bits per heavy atom. The first kappa shape index (κ1) is 18.2. The Balaban J connectivity index is 1.63. The third-order valence-corrected chi connectivity index (χ3v) is 9.31. The SMILES string of the molecule is C[C@H](O)[C@H]1[C@H](O)C[C@H]2[C@@H]3CC[C@H]4C[C@H](O)[C@H](O)C[C@]4(C)[C@H]3CC[C@]12C. The Morgan fingerprint density at radius 2 is 1.56 bits per heavy atom. The van der Waals surface area contributed by atoms with Crippen molar-refractivity contribution < 1.29 is 20.4 Å². The monoisotopic (exact) mass is 352 g/mol. The summed E-state index contributed by atoms with van der Waals surface area (Å²) in [4.78, 5) is 0. The van der Waals surface area contributed by atoms with E-state index >= 15 is 0 Å². The molecule has 0 spiro atoms. The molecule has 0 aliphatic heterocycles. The average molecular weight is 353 g/mol. The number of rotatable bonds is 1. The molecule has 0 bridgehead atoms. The van der Waals surface area contributed by atoms with Crippen LogP contribution in [-0.2, 0) is 0 Å². The normalized spacial score (nSPS) is 59.6. The number of aliphatic hydroxyl groups is 4. The summed E-state index contributed by atoms with van der Waals surface area (Å²) in [5.74, 6) is 2.13. The Labute approximate surface area is 151 Å². The van der Waals surface area contributed by atoms with Gasteiger partial charge in [0.15, 0.2) is 0 Å². The quantitative estimate of drug-likeness (QED) is 0.584. The van der Waals surface area contributed by atoms with Crippen molar-refractivity contribution in [2.45, 2.75) is 90.1 Å². The highest BCUT2D eigenvalue weighted by atomic mass is 16.3. The van der Waals surface area contributed by atoms with Gasteiger partial charge in [0, 0.05) is 5.92 Å². The molecule has 0 saturated heterocycles. The number of hydrogen-bond acceptors (Lipinski definition) is 4. The fraction of sp³-hybridized carbons (Fsp3) is 1.00. The van der Waals surface area contributed by atoms with Gasteiger partial charge in [-0.2, -0.15) is 0 Å². The maximum Gasteiger partial charge on any atom is 0.0804 e. The molecular formula is C21H36O4. The molecule has 11 atom stereocenters. The van der Waals surface area contributed by atoms with Gasteiger partial charge >= 0.3 is 0 Å². The maximum absolute atomic E-state index is 10.7. The third kappa shape index (κ3) is 2.47. The molecule has 25 heavy (non-hydrogen) atoms. The molecular weight excluding hydrogens is 316 g/mol. The Hall–Kier alpha value is -0.160. The molecule has 4 saturated carbocycles. The molecule has 0 aromatic rings. The summed E-state index contributed by atoms with van der Waals surface area (Å²) in [6, 6.07) is 0. The molecule has 0 unspecified atom stereocenters. The summed E-state index contributed by atoms with van der Waals surface area (Å²) in [7, 11) is 0. The molecule has 4 nitrogen and oxygen atoms in total. The zero-order valence-electron chi connectivity index (χ0n) is 15.9. The van der Waals surface area contributed by atoms with Crippen LogP contribution in [0.4, 0.5) is 0 Å². The van der Waals surface area contributed by atoms with Crippen LogP contribution in [0.5, 0.6) is 0 Å². The second-order valence-corrected chi connectivity index (χ2v) is 10.3. The van der Waals surface area contributed by atoms with E-state index in [4.69, 9.17) is 0 Å². The smallest absolute Gasteiger partial charge is 0.0804 e. The van der Waals surface area contributed by atoms with Crippen LogP contribution >= 0.6 is 0 Å². The van der Waals surface area contributed by atoms with Crippen molar-refractivity contribution in [3.05, 3.63) is 0 Å². The lowest BCUT2D eigenvalue weighted by Gasteiger charge is -2.61. The van der Waals surface area contributed by atoms with Gasteiger partial charge in [-0.15, -0.1) is 0 Å². The lowest BCUT2D eigenvalue weighted by Crippen LogP contribution is -2.57. The predicted molar refractivity (Wildman–Crippen MR) is 95.7 cm³/mol. The van der Waals surface area contributed by atoms with Crippen molar-refractivity contribution in [1.29, 1.82) is 0 Å². The van der Waals surface area contributed by atoms with Gasteiger partial charge < -0.3 is 20.4 Å². The predicted octanol–water partition coefficient (Wildman–Crippen LogP) is 2.33. The maximum atomic E-state index is 10.7. The second-order valence-electron chi connectivity index (χ2n) is 10.3. The van der Waals surface area contributed by atoms with Crippen LogP contribution in [0.2, 0.25) is 0 Å². The van der Waals surface area contributed by atoms with Gasteiger partial charge in [0.25, 0.3) is 0 Å². The summed E-state index contributed by atoms with van der Waals surface area (Å²) in [5, 5.41) is 41.5. The third-order valence-electron chi connectivity index (χ3n) is 9.31. The largest absolute Gasteiger partial charge is 0.393 e. The van der Waals surface area contributed by atoms with Gasteiger partial charge in [-0.1, -0.05) is 13.8 Å². The van der Waals surface area contributed by atoms with E-state index in [0.717, 1.165) is 32.1 Å². The van der Waals surface area contributed by atoms with E-state index in [1.165, 1.54) is 6.42 Å². The fourth-order valence-corrected chi connectivity index (χ4v) is 8.20. The molecule has 4 rings (SSSR count). The fourth-order valence-electron chi connectivity index (χ4n) is 8.20. The van der Waals surface area contributed by atoms with Gasteiger partial charge in [-0.3, -0.25) is 0 Å². The van der Waals surface area contributed by atoms with E-state index in [-0.39, 0.29) is 16.7 Å². The zero-order chi connectivity index (χ0) is 18.1. The van der Waals surface area contributed by atoms with Crippen LogP contribution in [0.15, 0.2) is 0 Å². The molecule has 144 valence electrons. The van der Waals surface area contributed by atoms with Crippen LogP contribution in [0.3, 0.4) is 0 Å². The average Bonchev–Trinajstić information content (AvgIpc) is 2.79. The Morgan fingerprint density at radius 1 is 0.840 bits per heavy atom. The molecule has 0 heterocycles. The summed E-state index contributed by atoms with van der Waals surface area (Å²) >= 11 is 0. The highest BCUT2D eigenvalue weighted by Gasteiger charge is 2.63. The molecule has 0 radical (unpaired) electrons. The number of hydrogen-bond donors (Lipinski definition) is 4. The first-order chi connectivity index (χ1) is 11.7. The summed E-state index contributed by atoms with van der Waals surface area (Å²) < 4.78 is 0. The van der Waals surface area contributed by atoms with Crippen molar-refractivity contribution in [3.8, 4) is 0 Å².